The van der Waals surface area contributed by atoms with Crippen molar-refractivity contribution in [1.82, 2.24) is 40.5 Å². The lowest BCUT2D eigenvalue weighted by Crippen LogP contribution is -2.45. The molecule has 0 radical (unpaired) electrons. The molecule has 0 bridgehead atoms. The van der Waals surface area contributed by atoms with Gasteiger partial charge in [0.2, 0.25) is 0 Å². The molecule has 282 valence electrons. The highest BCUT2D eigenvalue weighted by Gasteiger charge is 2.25. The van der Waals surface area contributed by atoms with E-state index in [1.807, 2.05) is 54.6 Å². The Hall–Kier alpha value is -7.08. The molecular weight excluding hydrogens is 714 g/mol. The molecule has 0 aliphatic carbocycles. The summed E-state index contributed by atoms with van der Waals surface area (Å²) in [7, 11) is 0. The molecule has 3 heterocycles. The topological polar surface area (TPSA) is 228 Å². The number of rotatable bonds is 16. The van der Waals surface area contributed by atoms with Crippen LogP contribution in [0.1, 0.15) is 22.6 Å². The summed E-state index contributed by atoms with van der Waals surface area (Å²) in [5.74, 6) is 0.0879. The predicted molar refractivity (Wildman–Crippen MR) is 195 cm³/mol. The highest BCUT2D eigenvalue weighted by Crippen LogP contribution is 2.30. The van der Waals surface area contributed by atoms with Crippen LogP contribution in [0, 0.1) is 24.0 Å². The Morgan fingerprint density at radius 3 is 2.36 bits per heavy atom. The number of H-pyrrole nitrogens is 1. The second-order valence-corrected chi connectivity index (χ2v) is 12.1. The molecule has 3 aromatic heterocycles. The van der Waals surface area contributed by atoms with E-state index in [0.29, 0.717) is 22.7 Å². The van der Waals surface area contributed by atoms with Gasteiger partial charge >= 0.3 is 12.1 Å². The fourth-order valence-electron chi connectivity index (χ4n) is 5.85. The van der Waals surface area contributed by atoms with Gasteiger partial charge in [0.15, 0.2) is 17.2 Å². The van der Waals surface area contributed by atoms with Gasteiger partial charge < -0.3 is 24.4 Å². The summed E-state index contributed by atoms with van der Waals surface area (Å²) in [5.41, 5.74) is 4.45. The molecular formula is C37H35N9O9. The van der Waals surface area contributed by atoms with E-state index >= 15 is 0 Å². The number of fused-ring (bicyclic) bond motifs is 1. The maximum atomic E-state index is 13.7. The first-order valence-corrected chi connectivity index (χ1v) is 17.0. The van der Waals surface area contributed by atoms with Gasteiger partial charge in [0, 0.05) is 18.1 Å². The number of esters is 1. The Kier molecular flexibility index (Phi) is 12.1. The molecule has 1 unspecified atom stereocenters. The van der Waals surface area contributed by atoms with E-state index in [9.17, 15) is 24.5 Å². The first-order chi connectivity index (χ1) is 26.7. The second kappa shape index (κ2) is 17.6. The van der Waals surface area contributed by atoms with Crippen LogP contribution in [0.3, 0.4) is 0 Å². The molecule has 18 nitrogen and oxygen atoms in total. The smallest absolute Gasteiger partial charge is 0.413 e. The third kappa shape index (κ3) is 9.68. The normalized spacial score (nSPS) is 11.5. The van der Waals surface area contributed by atoms with Crippen molar-refractivity contribution >= 4 is 23.1 Å². The third-order valence-corrected chi connectivity index (χ3v) is 8.30. The van der Waals surface area contributed by atoms with Crippen molar-refractivity contribution < 1.29 is 33.7 Å². The summed E-state index contributed by atoms with van der Waals surface area (Å²) in [6, 6.07) is 24.4. The number of nitrogens with one attached hydrogen (secondary N) is 2. The number of aromatic amines is 1. The predicted octanol–water partition coefficient (Wildman–Crippen LogP) is 3.77. The van der Waals surface area contributed by atoms with Crippen molar-refractivity contribution in [3.63, 3.8) is 0 Å². The maximum Gasteiger partial charge on any atom is 0.413 e. The number of aryl methyl sites for hydroxylation is 2. The Morgan fingerprint density at radius 1 is 0.909 bits per heavy atom. The number of benzene rings is 3. The molecule has 0 fully saturated rings. The highest BCUT2D eigenvalue weighted by atomic mass is 17.0. The molecule has 0 saturated heterocycles. The largest absolute Gasteiger partial charge is 0.462 e. The summed E-state index contributed by atoms with van der Waals surface area (Å²) < 4.78 is 17.7. The van der Waals surface area contributed by atoms with Gasteiger partial charge in [0.05, 0.1) is 30.8 Å². The Labute approximate surface area is 312 Å². The van der Waals surface area contributed by atoms with E-state index in [0.717, 1.165) is 27.8 Å². The summed E-state index contributed by atoms with van der Waals surface area (Å²) >= 11 is 0. The van der Waals surface area contributed by atoms with E-state index < -0.39 is 28.8 Å². The quantitative estimate of drug-likeness (QED) is 0.0621. The van der Waals surface area contributed by atoms with E-state index in [1.54, 1.807) is 38.1 Å². The fraction of sp³-hybridized carbons (Fsp3) is 0.243. The Bertz CT molecular complexity index is 2340. The molecule has 3 aromatic carbocycles. The molecule has 6 rings (SSSR count). The molecule has 55 heavy (non-hydrogen) atoms. The van der Waals surface area contributed by atoms with E-state index in [-0.39, 0.29) is 50.8 Å². The molecule has 1 amide bonds. The molecule has 0 saturated carbocycles. The monoisotopic (exact) mass is 749 g/mol. The second-order valence-electron chi connectivity index (χ2n) is 12.1. The third-order valence-electron chi connectivity index (χ3n) is 8.30. The Balaban J connectivity index is 1.19. The zero-order valence-electron chi connectivity index (χ0n) is 29.7. The molecule has 2 N–H and O–H groups in total. The molecule has 0 aliphatic rings. The first-order valence-electron chi connectivity index (χ1n) is 17.0. The van der Waals surface area contributed by atoms with E-state index in [1.165, 1.54) is 10.6 Å². The minimum absolute atomic E-state index is 0.0595. The lowest BCUT2D eigenvalue weighted by atomic mass is 9.98. The van der Waals surface area contributed by atoms with Gasteiger partial charge in [0.25, 0.3) is 10.6 Å². The molecule has 6 aromatic rings. The van der Waals surface area contributed by atoms with Gasteiger partial charge in [-0.1, -0.05) is 78.9 Å². The molecule has 18 heteroatoms. The number of ether oxygens (including phenoxy) is 3. The van der Waals surface area contributed by atoms with E-state index in [4.69, 9.17) is 14.2 Å². The van der Waals surface area contributed by atoms with Crippen LogP contribution in [0.25, 0.3) is 33.5 Å². The minimum Gasteiger partial charge on any atom is -0.462 e. The van der Waals surface area contributed by atoms with Crippen molar-refractivity contribution in [3.8, 4) is 28.3 Å². The number of carbonyl (C=O) groups excluding carboxylic acids is 2. The van der Waals surface area contributed by atoms with Crippen molar-refractivity contribution in [2.75, 3.05) is 26.4 Å². The average molecular weight is 750 g/mol. The summed E-state index contributed by atoms with van der Waals surface area (Å²) in [5, 5.41) is 26.4. The molecule has 0 aliphatic heterocycles. The SMILES string of the molecule is Cc1nc(C)c2c(OC(=O)NC(Cc3ccccc3)C(=O)OCCOCCO[N+](=O)[O-])cc(=O)n(Cc3ccc(-c4ccccc4-c4nnn[nH]4)cc3)c2n1. The number of amides is 1. The van der Waals surface area contributed by atoms with Crippen molar-refractivity contribution in [2.45, 2.75) is 32.9 Å². The summed E-state index contributed by atoms with van der Waals surface area (Å²) in [4.78, 5) is 63.6. The van der Waals surface area contributed by atoms with Crippen LogP contribution >= 0.6 is 0 Å². The summed E-state index contributed by atoms with van der Waals surface area (Å²) in [6.07, 6.45) is -0.945. The van der Waals surface area contributed by atoms with Crippen LogP contribution in [0.5, 0.6) is 5.75 Å². The van der Waals surface area contributed by atoms with Gasteiger partial charge in [-0.2, -0.15) is 0 Å². The lowest BCUT2D eigenvalue weighted by Gasteiger charge is -2.19. The van der Waals surface area contributed by atoms with Gasteiger partial charge in [-0.15, -0.1) is 15.2 Å². The first kappa shape index (κ1) is 37.7. The van der Waals surface area contributed by atoms with Crippen LogP contribution < -0.4 is 15.6 Å². The van der Waals surface area contributed by atoms with Crippen LogP contribution in [0.2, 0.25) is 0 Å². The molecule has 0 spiro atoms. The number of hydrogen-bond acceptors (Lipinski definition) is 14. The number of carbonyl (C=O) groups is 2. The lowest BCUT2D eigenvalue weighted by molar-refractivity contribution is -0.758. The van der Waals surface area contributed by atoms with Gasteiger partial charge in [-0.25, -0.2) is 24.7 Å². The number of hydrogen-bond donors (Lipinski definition) is 2. The van der Waals surface area contributed by atoms with Crippen molar-refractivity contribution in [1.29, 1.82) is 0 Å². The number of aromatic nitrogens is 7. The fourth-order valence-corrected chi connectivity index (χ4v) is 5.85. The zero-order chi connectivity index (χ0) is 38.7. The van der Waals surface area contributed by atoms with Gasteiger partial charge in [0.1, 0.15) is 25.1 Å². The van der Waals surface area contributed by atoms with Crippen LogP contribution in [0.4, 0.5) is 4.79 Å². The maximum absolute atomic E-state index is 13.7. The van der Waals surface area contributed by atoms with Gasteiger partial charge in [-0.3, -0.25) is 9.36 Å². The van der Waals surface area contributed by atoms with Crippen LogP contribution in [-0.4, -0.2) is 84.8 Å². The number of nitrogens with zero attached hydrogens (tertiary/aromatic N) is 7. The standard InChI is InChI=1S/C37H35N9O9/c1-23-33-31(55-37(49)40-30(20-25-8-4-3-5-9-25)36(48)53-18-16-52-17-19-54-46(50)51)21-32(47)45(35(33)39-24(2)38-23)22-26-12-14-27(15-13-26)28-10-6-7-11-29(28)34-41-43-44-42-34/h3-15,21,30H,16-20,22H2,1-2H3,(H,40,49)(H,41,42,43,44). The zero-order valence-corrected chi connectivity index (χ0v) is 29.7. The number of tetrazole rings is 1. The van der Waals surface area contributed by atoms with Crippen LogP contribution in [0.15, 0.2) is 89.7 Å². The van der Waals surface area contributed by atoms with E-state index in [2.05, 4.69) is 40.7 Å². The number of pyridine rings is 1. The van der Waals surface area contributed by atoms with Crippen molar-refractivity contribution in [3.05, 3.63) is 128 Å². The minimum atomic E-state index is -1.18. The molecule has 1 atom stereocenters. The van der Waals surface area contributed by atoms with Gasteiger partial charge in [-0.05, 0) is 46.5 Å². The Morgan fingerprint density at radius 2 is 1.64 bits per heavy atom. The summed E-state index contributed by atoms with van der Waals surface area (Å²) in [6.45, 7) is 2.96. The van der Waals surface area contributed by atoms with Crippen LogP contribution in [-0.2, 0) is 32.1 Å². The van der Waals surface area contributed by atoms with Crippen molar-refractivity contribution in [2.24, 2.45) is 0 Å². The highest BCUT2D eigenvalue weighted by molar-refractivity contribution is 5.89. The average Bonchev–Trinajstić information content (AvgIpc) is 3.71.